The average Bonchev–Trinajstić information content (AvgIpc) is 2.98. The molecule has 3 rings (SSSR count). The highest BCUT2D eigenvalue weighted by Crippen LogP contribution is 2.28. The van der Waals surface area contributed by atoms with Crippen LogP contribution in [-0.4, -0.2) is 15.4 Å². The zero-order valence-corrected chi connectivity index (χ0v) is 9.52. The largest absolute Gasteiger partial charge is 0.374 e. The molecular formula is C11H8N4OS. The number of nitrogens with two attached hydrogens (primary N) is 1. The minimum absolute atomic E-state index is 0.421. The smallest absolute Gasteiger partial charge is 0.203 e. The first-order valence-electron chi connectivity index (χ1n) is 4.94. The van der Waals surface area contributed by atoms with Gasteiger partial charge < -0.3 is 10.3 Å². The molecule has 2 N–H and O–H groups in total. The third-order valence-electron chi connectivity index (χ3n) is 2.23. The highest BCUT2D eigenvalue weighted by atomic mass is 32.1. The van der Waals surface area contributed by atoms with Crippen LogP contribution in [0.2, 0.25) is 0 Å². The van der Waals surface area contributed by atoms with Gasteiger partial charge in [0.1, 0.15) is 5.69 Å². The summed E-state index contributed by atoms with van der Waals surface area (Å²) in [6, 6.07) is 11.6. The van der Waals surface area contributed by atoms with E-state index in [0.717, 1.165) is 5.56 Å². The fourth-order valence-electron chi connectivity index (χ4n) is 1.45. The van der Waals surface area contributed by atoms with Crippen molar-refractivity contribution in [3.05, 3.63) is 36.4 Å². The molecule has 2 aromatic heterocycles. The van der Waals surface area contributed by atoms with Crippen molar-refractivity contribution in [2.24, 2.45) is 0 Å². The summed E-state index contributed by atoms with van der Waals surface area (Å²) in [6.07, 6.45) is 0. The average molecular weight is 244 g/mol. The van der Waals surface area contributed by atoms with E-state index in [4.69, 9.17) is 10.3 Å². The van der Waals surface area contributed by atoms with Crippen molar-refractivity contribution in [2.45, 2.75) is 0 Å². The molecule has 0 radical (unpaired) electrons. The Morgan fingerprint density at radius 1 is 1.12 bits per heavy atom. The lowest BCUT2D eigenvalue weighted by Gasteiger charge is -1.91. The summed E-state index contributed by atoms with van der Waals surface area (Å²) in [7, 11) is 0. The van der Waals surface area contributed by atoms with E-state index in [-0.39, 0.29) is 0 Å². The van der Waals surface area contributed by atoms with E-state index in [9.17, 15) is 0 Å². The Balaban J connectivity index is 1.99. The lowest BCUT2D eigenvalue weighted by Crippen LogP contribution is -1.80. The molecule has 0 aliphatic carbocycles. The summed E-state index contributed by atoms with van der Waals surface area (Å²) in [6.45, 7) is 0. The maximum atomic E-state index is 5.52. The molecule has 0 aliphatic rings. The van der Waals surface area contributed by atoms with Crippen molar-refractivity contribution in [2.75, 3.05) is 5.73 Å². The summed E-state index contributed by atoms with van der Waals surface area (Å²) in [5.41, 5.74) is 7.15. The number of nitrogens with zero attached hydrogens (tertiary/aromatic N) is 3. The van der Waals surface area contributed by atoms with E-state index in [1.807, 2.05) is 36.4 Å². The molecule has 0 amide bonds. The van der Waals surface area contributed by atoms with Gasteiger partial charge in [-0.05, 0) is 0 Å². The van der Waals surface area contributed by atoms with Crippen molar-refractivity contribution >= 4 is 16.5 Å². The van der Waals surface area contributed by atoms with Gasteiger partial charge in [-0.1, -0.05) is 46.8 Å². The summed E-state index contributed by atoms with van der Waals surface area (Å²) >= 11 is 1.28. The van der Waals surface area contributed by atoms with E-state index in [1.165, 1.54) is 11.3 Å². The second-order valence-electron chi connectivity index (χ2n) is 3.39. The Morgan fingerprint density at radius 2 is 1.94 bits per heavy atom. The van der Waals surface area contributed by atoms with Crippen LogP contribution in [0, 0.1) is 0 Å². The van der Waals surface area contributed by atoms with E-state index >= 15 is 0 Å². The SMILES string of the molecule is Nc1nnc(-c2cc(-c3ccccc3)on2)s1. The molecule has 0 unspecified atom stereocenters. The molecule has 84 valence electrons. The van der Waals surface area contributed by atoms with Gasteiger partial charge in [-0.2, -0.15) is 0 Å². The Morgan fingerprint density at radius 3 is 2.65 bits per heavy atom. The lowest BCUT2D eigenvalue weighted by molar-refractivity contribution is 0.435. The molecule has 17 heavy (non-hydrogen) atoms. The fourth-order valence-corrected chi connectivity index (χ4v) is 2.01. The number of rotatable bonds is 2. The predicted molar refractivity (Wildman–Crippen MR) is 65.3 cm³/mol. The first-order valence-corrected chi connectivity index (χ1v) is 5.76. The standard InChI is InChI=1S/C11H8N4OS/c12-11-14-13-10(17-11)8-6-9(16-15-8)7-4-2-1-3-5-7/h1-6H,(H2,12,14). The van der Waals surface area contributed by atoms with Crippen LogP contribution in [-0.2, 0) is 0 Å². The third kappa shape index (κ3) is 1.90. The minimum Gasteiger partial charge on any atom is -0.374 e. The van der Waals surface area contributed by atoms with Crippen molar-refractivity contribution in [3.8, 4) is 22.0 Å². The van der Waals surface area contributed by atoms with Gasteiger partial charge in [-0.25, -0.2) is 0 Å². The molecule has 5 nitrogen and oxygen atoms in total. The molecule has 0 saturated carbocycles. The Bertz CT molecular complexity index is 632. The summed E-state index contributed by atoms with van der Waals surface area (Å²) in [5.74, 6) is 0.703. The highest BCUT2D eigenvalue weighted by molar-refractivity contribution is 7.18. The molecular weight excluding hydrogens is 236 g/mol. The van der Waals surface area contributed by atoms with Crippen molar-refractivity contribution in [3.63, 3.8) is 0 Å². The molecule has 6 heteroatoms. The molecule has 0 atom stereocenters. The minimum atomic E-state index is 0.421. The van der Waals surface area contributed by atoms with Gasteiger partial charge in [0.2, 0.25) is 5.13 Å². The van der Waals surface area contributed by atoms with Gasteiger partial charge in [0.15, 0.2) is 10.8 Å². The van der Waals surface area contributed by atoms with Gasteiger partial charge in [0, 0.05) is 11.6 Å². The first kappa shape index (κ1) is 9.98. The van der Waals surface area contributed by atoms with Gasteiger partial charge >= 0.3 is 0 Å². The molecule has 0 saturated heterocycles. The van der Waals surface area contributed by atoms with E-state index in [0.29, 0.717) is 21.6 Å². The van der Waals surface area contributed by atoms with Crippen LogP contribution in [0.1, 0.15) is 0 Å². The molecule has 1 aromatic carbocycles. The highest BCUT2D eigenvalue weighted by Gasteiger charge is 2.11. The van der Waals surface area contributed by atoms with Crippen LogP contribution in [0.3, 0.4) is 0 Å². The van der Waals surface area contributed by atoms with Crippen molar-refractivity contribution < 1.29 is 4.52 Å². The number of aromatic nitrogens is 3. The van der Waals surface area contributed by atoms with Crippen LogP contribution in [0.15, 0.2) is 40.9 Å². The first-order chi connectivity index (χ1) is 8.33. The summed E-state index contributed by atoms with van der Waals surface area (Å²) in [5, 5.41) is 12.7. The van der Waals surface area contributed by atoms with Crippen LogP contribution in [0.25, 0.3) is 22.0 Å². The van der Waals surface area contributed by atoms with Crippen molar-refractivity contribution in [1.82, 2.24) is 15.4 Å². The van der Waals surface area contributed by atoms with E-state index in [1.54, 1.807) is 0 Å². The van der Waals surface area contributed by atoms with E-state index < -0.39 is 0 Å². The van der Waals surface area contributed by atoms with Gasteiger partial charge in [0.05, 0.1) is 0 Å². The molecule has 0 fully saturated rings. The van der Waals surface area contributed by atoms with E-state index in [2.05, 4.69) is 15.4 Å². The quantitative estimate of drug-likeness (QED) is 0.749. The number of hydrogen-bond acceptors (Lipinski definition) is 6. The Hall–Kier alpha value is -2.21. The van der Waals surface area contributed by atoms with Gasteiger partial charge in [-0.3, -0.25) is 0 Å². The third-order valence-corrected chi connectivity index (χ3v) is 3.00. The zero-order chi connectivity index (χ0) is 11.7. The van der Waals surface area contributed by atoms with Crippen LogP contribution < -0.4 is 5.73 Å². The predicted octanol–water partition coefficient (Wildman–Crippen LogP) is 2.44. The number of nitrogen functional groups attached to an aromatic ring is 1. The van der Waals surface area contributed by atoms with Crippen LogP contribution in [0.4, 0.5) is 5.13 Å². The molecule has 0 aliphatic heterocycles. The normalized spacial score (nSPS) is 10.6. The number of hydrogen-bond donors (Lipinski definition) is 1. The molecule has 3 aromatic rings. The topological polar surface area (TPSA) is 77.8 Å². The molecule has 2 heterocycles. The van der Waals surface area contributed by atoms with Crippen LogP contribution >= 0.6 is 11.3 Å². The second-order valence-corrected chi connectivity index (χ2v) is 4.40. The maximum Gasteiger partial charge on any atom is 0.203 e. The zero-order valence-electron chi connectivity index (χ0n) is 8.70. The maximum absolute atomic E-state index is 5.52. The van der Waals surface area contributed by atoms with Gasteiger partial charge in [0.25, 0.3) is 0 Å². The van der Waals surface area contributed by atoms with Crippen LogP contribution in [0.5, 0.6) is 0 Å². The summed E-state index contributed by atoms with van der Waals surface area (Å²) in [4.78, 5) is 0. The monoisotopic (exact) mass is 244 g/mol. The number of anilines is 1. The Kier molecular flexibility index (Phi) is 2.34. The fraction of sp³-hybridized carbons (Fsp3) is 0. The summed E-state index contributed by atoms with van der Waals surface area (Å²) < 4.78 is 5.26. The lowest BCUT2D eigenvalue weighted by atomic mass is 10.2. The Labute approximate surface area is 101 Å². The molecule has 0 bridgehead atoms. The number of benzene rings is 1. The van der Waals surface area contributed by atoms with Crippen molar-refractivity contribution in [1.29, 1.82) is 0 Å². The van der Waals surface area contributed by atoms with Gasteiger partial charge in [-0.15, -0.1) is 10.2 Å². The second kappa shape index (κ2) is 3.99. The molecule has 0 spiro atoms.